The molecule has 1 saturated heterocycles. The molecule has 1 heterocycles. The van der Waals surface area contributed by atoms with E-state index < -0.39 is 0 Å². The summed E-state index contributed by atoms with van der Waals surface area (Å²) in [6.45, 7) is 10.2. The number of hydroxylamine groups is 2. The van der Waals surface area contributed by atoms with Gasteiger partial charge in [-0.15, -0.1) is 11.8 Å². The Morgan fingerprint density at radius 3 is 2.33 bits per heavy atom. The first-order valence-electron chi connectivity index (χ1n) is 9.53. The summed E-state index contributed by atoms with van der Waals surface area (Å²) in [6.07, 6.45) is 7.72. The summed E-state index contributed by atoms with van der Waals surface area (Å²) in [5.41, 5.74) is 0.283. The lowest BCUT2D eigenvalue weighted by atomic mass is 9.82. The molecule has 1 aliphatic heterocycles. The monoisotopic (exact) mass is 347 g/mol. The minimum Gasteiger partial charge on any atom is -0.298 e. The first kappa shape index (κ1) is 18.3. The molecule has 2 atom stereocenters. The molecule has 0 aromatic heterocycles. The Balaban J connectivity index is 1.60. The SMILES string of the molecule is CC1(C)CCCC(C)(C)N1OCC1CCCC1Sc1ccccc1. The number of benzene rings is 1. The summed E-state index contributed by atoms with van der Waals surface area (Å²) in [5, 5.41) is 3.02. The summed E-state index contributed by atoms with van der Waals surface area (Å²) in [6, 6.07) is 10.8. The van der Waals surface area contributed by atoms with E-state index in [9.17, 15) is 0 Å². The minimum absolute atomic E-state index is 0.141. The zero-order valence-electron chi connectivity index (χ0n) is 15.8. The van der Waals surface area contributed by atoms with Crippen LogP contribution in [0.5, 0.6) is 0 Å². The van der Waals surface area contributed by atoms with Gasteiger partial charge < -0.3 is 0 Å². The lowest BCUT2D eigenvalue weighted by molar-refractivity contribution is -0.285. The summed E-state index contributed by atoms with van der Waals surface area (Å²) in [5.74, 6) is 0.670. The second-order valence-electron chi connectivity index (χ2n) is 8.73. The van der Waals surface area contributed by atoms with Gasteiger partial charge in [-0.1, -0.05) is 24.6 Å². The van der Waals surface area contributed by atoms with E-state index in [0.717, 1.165) is 6.61 Å². The molecule has 2 nitrogen and oxygen atoms in total. The normalized spacial score (nSPS) is 29.7. The van der Waals surface area contributed by atoms with Crippen LogP contribution < -0.4 is 0 Å². The molecular weight excluding hydrogens is 314 g/mol. The van der Waals surface area contributed by atoms with Gasteiger partial charge in [-0.2, -0.15) is 5.06 Å². The Bertz CT molecular complexity index is 512. The molecule has 0 spiro atoms. The molecule has 0 N–H and O–H groups in total. The van der Waals surface area contributed by atoms with E-state index in [4.69, 9.17) is 4.84 Å². The molecule has 1 aromatic rings. The van der Waals surface area contributed by atoms with Gasteiger partial charge >= 0.3 is 0 Å². The van der Waals surface area contributed by atoms with Crippen molar-refractivity contribution < 1.29 is 4.84 Å². The molecule has 2 aliphatic rings. The predicted octanol–water partition coefficient (Wildman–Crippen LogP) is 5.92. The van der Waals surface area contributed by atoms with Gasteiger partial charge in [-0.3, -0.25) is 4.84 Å². The van der Waals surface area contributed by atoms with E-state index in [1.54, 1.807) is 0 Å². The van der Waals surface area contributed by atoms with Crippen LogP contribution in [0.25, 0.3) is 0 Å². The molecule has 0 bridgehead atoms. The maximum Gasteiger partial charge on any atom is 0.0724 e. The third-order valence-corrected chi connectivity index (χ3v) is 7.18. The number of hydrogen-bond acceptors (Lipinski definition) is 3. The van der Waals surface area contributed by atoms with Gasteiger partial charge in [-0.25, -0.2) is 0 Å². The van der Waals surface area contributed by atoms with Crippen molar-refractivity contribution in [1.82, 2.24) is 5.06 Å². The first-order valence-corrected chi connectivity index (χ1v) is 10.4. The van der Waals surface area contributed by atoms with Crippen LogP contribution in [0.15, 0.2) is 35.2 Å². The van der Waals surface area contributed by atoms with Crippen molar-refractivity contribution in [2.45, 2.75) is 87.4 Å². The Morgan fingerprint density at radius 1 is 1.00 bits per heavy atom. The second-order valence-corrected chi connectivity index (χ2v) is 10.0. The minimum atomic E-state index is 0.141. The standard InChI is InChI=1S/C21H33NOS/c1-20(2)14-9-15-21(3,4)22(20)23-16-17-10-8-13-19(17)24-18-11-6-5-7-12-18/h5-7,11-12,17,19H,8-10,13-16H2,1-4H3. The van der Waals surface area contributed by atoms with Crippen LogP contribution in [-0.2, 0) is 4.84 Å². The fourth-order valence-electron chi connectivity index (χ4n) is 4.52. The zero-order chi connectivity index (χ0) is 17.2. The topological polar surface area (TPSA) is 12.5 Å². The molecule has 1 aromatic carbocycles. The van der Waals surface area contributed by atoms with E-state index in [2.05, 4.69) is 63.1 Å². The number of rotatable bonds is 5. The van der Waals surface area contributed by atoms with Crippen LogP contribution in [-0.4, -0.2) is 28.0 Å². The van der Waals surface area contributed by atoms with E-state index >= 15 is 0 Å². The third-order valence-electron chi connectivity index (χ3n) is 5.71. The maximum absolute atomic E-state index is 6.49. The Kier molecular flexibility index (Phi) is 5.63. The third kappa shape index (κ3) is 4.17. The maximum atomic E-state index is 6.49. The van der Waals surface area contributed by atoms with Crippen molar-refractivity contribution in [2.24, 2.45) is 5.92 Å². The van der Waals surface area contributed by atoms with Crippen LogP contribution in [0.3, 0.4) is 0 Å². The van der Waals surface area contributed by atoms with E-state index in [-0.39, 0.29) is 11.1 Å². The molecule has 24 heavy (non-hydrogen) atoms. The fourth-order valence-corrected chi connectivity index (χ4v) is 5.87. The van der Waals surface area contributed by atoms with Crippen molar-refractivity contribution in [2.75, 3.05) is 6.61 Å². The quantitative estimate of drug-likeness (QED) is 0.656. The summed E-state index contributed by atoms with van der Waals surface area (Å²) < 4.78 is 0. The highest BCUT2D eigenvalue weighted by Crippen LogP contribution is 2.42. The van der Waals surface area contributed by atoms with Gasteiger partial charge in [-0.05, 0) is 77.8 Å². The molecular formula is C21H33NOS. The summed E-state index contributed by atoms with van der Waals surface area (Å²) in [4.78, 5) is 7.88. The average Bonchev–Trinajstić information content (AvgIpc) is 2.94. The lowest BCUT2D eigenvalue weighted by Crippen LogP contribution is -2.58. The van der Waals surface area contributed by atoms with Crippen LogP contribution in [0.1, 0.15) is 66.2 Å². The summed E-state index contributed by atoms with van der Waals surface area (Å²) >= 11 is 2.05. The molecule has 0 amide bonds. The van der Waals surface area contributed by atoms with Crippen molar-refractivity contribution in [1.29, 1.82) is 0 Å². The van der Waals surface area contributed by atoms with Crippen LogP contribution in [0.2, 0.25) is 0 Å². The zero-order valence-corrected chi connectivity index (χ0v) is 16.6. The fraction of sp³-hybridized carbons (Fsp3) is 0.714. The van der Waals surface area contributed by atoms with Crippen molar-refractivity contribution in [3.63, 3.8) is 0 Å². The lowest BCUT2D eigenvalue weighted by Gasteiger charge is -2.51. The van der Waals surface area contributed by atoms with Crippen molar-refractivity contribution in [3.8, 4) is 0 Å². The highest BCUT2D eigenvalue weighted by Gasteiger charge is 2.43. The van der Waals surface area contributed by atoms with Gasteiger partial charge in [0.25, 0.3) is 0 Å². The van der Waals surface area contributed by atoms with Gasteiger partial charge in [0.2, 0.25) is 0 Å². The van der Waals surface area contributed by atoms with Crippen LogP contribution in [0, 0.1) is 5.92 Å². The summed E-state index contributed by atoms with van der Waals surface area (Å²) in [7, 11) is 0. The first-order chi connectivity index (χ1) is 11.4. The number of nitrogens with zero attached hydrogens (tertiary/aromatic N) is 1. The highest BCUT2D eigenvalue weighted by atomic mass is 32.2. The van der Waals surface area contributed by atoms with Crippen LogP contribution >= 0.6 is 11.8 Å². The average molecular weight is 348 g/mol. The van der Waals surface area contributed by atoms with E-state index in [0.29, 0.717) is 11.2 Å². The van der Waals surface area contributed by atoms with Gasteiger partial charge in [0, 0.05) is 21.2 Å². The number of thioether (sulfide) groups is 1. The van der Waals surface area contributed by atoms with E-state index in [1.165, 1.54) is 43.4 Å². The Morgan fingerprint density at radius 2 is 1.67 bits per heavy atom. The molecule has 134 valence electrons. The molecule has 3 heteroatoms. The molecule has 1 aliphatic carbocycles. The molecule has 1 saturated carbocycles. The van der Waals surface area contributed by atoms with Crippen LogP contribution in [0.4, 0.5) is 0 Å². The van der Waals surface area contributed by atoms with Gasteiger partial charge in [0.15, 0.2) is 0 Å². The molecule has 3 rings (SSSR count). The van der Waals surface area contributed by atoms with Gasteiger partial charge in [0.05, 0.1) is 6.61 Å². The molecule has 2 unspecified atom stereocenters. The predicted molar refractivity (Wildman–Crippen MR) is 103 cm³/mol. The van der Waals surface area contributed by atoms with Crippen molar-refractivity contribution >= 4 is 11.8 Å². The van der Waals surface area contributed by atoms with Crippen molar-refractivity contribution in [3.05, 3.63) is 30.3 Å². The molecule has 0 radical (unpaired) electrons. The second kappa shape index (κ2) is 7.39. The Labute approximate surface area is 152 Å². The number of piperidine rings is 1. The van der Waals surface area contributed by atoms with E-state index in [1.807, 2.05) is 11.8 Å². The highest BCUT2D eigenvalue weighted by molar-refractivity contribution is 8.00. The smallest absolute Gasteiger partial charge is 0.0724 e. The Hall–Kier alpha value is -0.510. The molecule has 2 fully saturated rings. The largest absolute Gasteiger partial charge is 0.298 e. The number of hydrogen-bond donors (Lipinski definition) is 0. The van der Waals surface area contributed by atoms with Gasteiger partial charge in [0.1, 0.15) is 0 Å².